The van der Waals surface area contributed by atoms with Crippen molar-refractivity contribution in [3.8, 4) is 11.8 Å². The van der Waals surface area contributed by atoms with E-state index in [4.69, 9.17) is 31.5 Å². The maximum Gasteiger partial charge on any atom is 0.490 e. The van der Waals surface area contributed by atoms with Gasteiger partial charge in [-0.1, -0.05) is 11.6 Å². The van der Waals surface area contributed by atoms with Crippen molar-refractivity contribution >= 4 is 29.3 Å². The zero-order valence-corrected chi connectivity index (χ0v) is 20.9. The van der Waals surface area contributed by atoms with Gasteiger partial charge in [0, 0.05) is 38.3 Å². The summed E-state index contributed by atoms with van der Waals surface area (Å²) in [6, 6.07) is 10.8. The topological polar surface area (TPSA) is 140 Å². The molecule has 1 saturated carbocycles. The summed E-state index contributed by atoms with van der Waals surface area (Å²) in [6.07, 6.45) is -1.71. The molecule has 38 heavy (non-hydrogen) atoms. The number of rotatable bonds is 5. The van der Waals surface area contributed by atoms with Crippen molar-refractivity contribution in [2.75, 3.05) is 31.1 Å². The molecule has 1 saturated heterocycles. The lowest BCUT2D eigenvalue weighted by Gasteiger charge is -2.29. The van der Waals surface area contributed by atoms with Crippen LogP contribution in [0.4, 0.5) is 19.0 Å². The van der Waals surface area contributed by atoms with Gasteiger partial charge < -0.3 is 25.4 Å². The molecule has 1 amide bonds. The Morgan fingerprint density at radius 1 is 1.13 bits per heavy atom. The van der Waals surface area contributed by atoms with Crippen molar-refractivity contribution in [1.29, 1.82) is 5.26 Å². The number of nitriles is 1. The van der Waals surface area contributed by atoms with Crippen LogP contribution < -0.4 is 20.3 Å². The largest absolute Gasteiger partial charge is 0.490 e. The fraction of sp³-hybridized carbons (Fsp3) is 0.458. The highest BCUT2D eigenvalue weighted by atomic mass is 35.5. The number of nitrogens with zero attached hydrogens (tertiary/aromatic N) is 4. The van der Waals surface area contributed by atoms with Crippen LogP contribution in [0.25, 0.3) is 0 Å². The van der Waals surface area contributed by atoms with E-state index in [0.717, 1.165) is 57.7 Å². The number of carbonyl (C=O) groups is 2. The van der Waals surface area contributed by atoms with Crippen LogP contribution in [0.2, 0.25) is 5.02 Å². The summed E-state index contributed by atoms with van der Waals surface area (Å²) in [7, 11) is 0. The molecule has 2 aliphatic rings. The van der Waals surface area contributed by atoms with Crippen molar-refractivity contribution in [2.45, 2.75) is 44.0 Å². The quantitative estimate of drug-likeness (QED) is 0.508. The third kappa shape index (κ3) is 8.46. The monoisotopic (exact) mass is 554 g/mol. The van der Waals surface area contributed by atoms with Crippen molar-refractivity contribution in [1.82, 2.24) is 20.8 Å². The molecule has 1 aliphatic heterocycles. The fourth-order valence-electron chi connectivity index (χ4n) is 3.95. The van der Waals surface area contributed by atoms with Crippen molar-refractivity contribution in [2.24, 2.45) is 0 Å². The highest BCUT2D eigenvalue weighted by molar-refractivity contribution is 6.31. The lowest BCUT2D eigenvalue weighted by molar-refractivity contribution is -0.192. The number of hydrogen-bond acceptors (Lipinski definition) is 8. The van der Waals surface area contributed by atoms with Crippen LogP contribution in [0.15, 0.2) is 30.3 Å². The lowest BCUT2D eigenvalue weighted by Crippen LogP contribution is -2.44. The molecule has 0 atom stereocenters. The SMILES string of the molecule is N#Cc1ccc(OC2CCC(NC(=O)c3ccc(N4CCNCC4)nn3)CC2)cc1Cl.O=C(O)C(F)(F)F. The summed E-state index contributed by atoms with van der Waals surface area (Å²) in [5.74, 6) is -1.48. The number of hydrogen-bond donors (Lipinski definition) is 3. The normalized spacial score (nSPS) is 19.4. The predicted molar refractivity (Wildman–Crippen MR) is 131 cm³/mol. The highest BCUT2D eigenvalue weighted by Crippen LogP contribution is 2.27. The van der Waals surface area contributed by atoms with E-state index in [1.807, 2.05) is 12.1 Å². The Kier molecular flexibility index (Phi) is 10.1. The fourth-order valence-corrected chi connectivity index (χ4v) is 4.16. The number of halogens is 4. The van der Waals surface area contributed by atoms with Gasteiger partial charge in [-0.15, -0.1) is 10.2 Å². The van der Waals surface area contributed by atoms with Gasteiger partial charge in [0.05, 0.1) is 16.7 Å². The van der Waals surface area contributed by atoms with Gasteiger partial charge in [0.2, 0.25) is 0 Å². The number of nitrogens with one attached hydrogen (secondary N) is 2. The molecule has 0 spiro atoms. The summed E-state index contributed by atoms with van der Waals surface area (Å²) in [4.78, 5) is 23.6. The number of benzene rings is 1. The van der Waals surface area contributed by atoms with Gasteiger partial charge in [0.25, 0.3) is 5.91 Å². The third-order valence-electron chi connectivity index (χ3n) is 5.94. The van der Waals surface area contributed by atoms with Crippen LogP contribution in [0, 0.1) is 11.3 Å². The number of carboxylic acid groups (broad SMARTS) is 1. The molecule has 4 rings (SSSR count). The Bertz CT molecular complexity index is 1150. The van der Waals surface area contributed by atoms with Gasteiger partial charge in [-0.25, -0.2) is 4.79 Å². The number of alkyl halides is 3. The van der Waals surface area contributed by atoms with Crippen LogP contribution in [0.5, 0.6) is 5.75 Å². The second-order valence-electron chi connectivity index (χ2n) is 8.64. The maximum atomic E-state index is 12.6. The van der Waals surface area contributed by atoms with Gasteiger partial charge in [-0.05, 0) is 49.9 Å². The number of anilines is 1. The second kappa shape index (κ2) is 13.3. The molecular weight excluding hydrogens is 529 g/mol. The van der Waals surface area contributed by atoms with Gasteiger partial charge in [-0.3, -0.25) is 4.79 Å². The number of ether oxygens (including phenoxy) is 1. The van der Waals surface area contributed by atoms with E-state index in [2.05, 4.69) is 25.7 Å². The summed E-state index contributed by atoms with van der Waals surface area (Å²) in [5, 5.41) is 31.2. The number of amides is 1. The average molecular weight is 555 g/mol. The van der Waals surface area contributed by atoms with Crippen molar-refractivity contribution in [3.63, 3.8) is 0 Å². The first-order chi connectivity index (χ1) is 18.1. The Labute approximate surface area is 221 Å². The van der Waals surface area contributed by atoms with E-state index in [-0.39, 0.29) is 18.1 Å². The Morgan fingerprint density at radius 3 is 2.32 bits per heavy atom. The molecule has 2 aromatic rings. The molecule has 0 bridgehead atoms. The number of aromatic nitrogens is 2. The molecule has 14 heteroatoms. The molecule has 1 aliphatic carbocycles. The zero-order valence-electron chi connectivity index (χ0n) is 20.2. The van der Waals surface area contributed by atoms with Gasteiger partial charge in [-0.2, -0.15) is 18.4 Å². The van der Waals surface area contributed by atoms with Gasteiger partial charge in [0.1, 0.15) is 11.8 Å². The molecule has 0 radical (unpaired) electrons. The van der Waals surface area contributed by atoms with Gasteiger partial charge in [0.15, 0.2) is 11.5 Å². The molecule has 3 N–H and O–H groups in total. The Hall–Kier alpha value is -3.63. The van der Waals surface area contributed by atoms with E-state index in [1.54, 1.807) is 24.3 Å². The number of piperazine rings is 1. The number of carbonyl (C=O) groups excluding carboxylic acids is 1. The van der Waals surface area contributed by atoms with Crippen LogP contribution in [0.3, 0.4) is 0 Å². The number of carboxylic acids is 1. The maximum absolute atomic E-state index is 12.6. The third-order valence-corrected chi connectivity index (χ3v) is 6.25. The summed E-state index contributed by atoms with van der Waals surface area (Å²) in [6.45, 7) is 3.63. The second-order valence-corrected chi connectivity index (χ2v) is 9.04. The molecule has 10 nitrogen and oxygen atoms in total. The Balaban J connectivity index is 0.000000505. The first-order valence-electron chi connectivity index (χ1n) is 11.8. The minimum Gasteiger partial charge on any atom is -0.490 e. The molecule has 0 unspecified atom stereocenters. The van der Waals surface area contributed by atoms with E-state index in [0.29, 0.717) is 22.0 Å². The summed E-state index contributed by atoms with van der Waals surface area (Å²) < 4.78 is 37.7. The van der Waals surface area contributed by atoms with Gasteiger partial charge >= 0.3 is 12.1 Å². The highest BCUT2D eigenvalue weighted by Gasteiger charge is 2.38. The molecule has 2 heterocycles. The van der Waals surface area contributed by atoms with Crippen LogP contribution in [-0.2, 0) is 4.79 Å². The van der Waals surface area contributed by atoms with E-state index < -0.39 is 12.1 Å². The van der Waals surface area contributed by atoms with Crippen LogP contribution >= 0.6 is 11.6 Å². The predicted octanol–water partition coefficient (Wildman–Crippen LogP) is 3.16. The Morgan fingerprint density at radius 2 is 1.79 bits per heavy atom. The average Bonchev–Trinajstić information content (AvgIpc) is 2.90. The zero-order chi connectivity index (χ0) is 27.7. The minimum atomic E-state index is -5.08. The number of aliphatic carboxylic acids is 1. The minimum absolute atomic E-state index is 0.0651. The molecule has 204 valence electrons. The summed E-state index contributed by atoms with van der Waals surface area (Å²) >= 11 is 6.07. The summed E-state index contributed by atoms with van der Waals surface area (Å²) in [5.41, 5.74) is 0.772. The van der Waals surface area contributed by atoms with E-state index in [1.165, 1.54) is 0 Å². The lowest BCUT2D eigenvalue weighted by atomic mass is 9.93. The molecule has 1 aromatic carbocycles. The standard InChI is InChI=1S/C22H25ClN6O2.C2HF3O2/c23-19-13-18(4-1-15(19)14-24)31-17-5-2-16(3-6-17)26-22(30)20-7-8-21(28-27-20)29-11-9-25-10-12-29;3-2(4,5)1(6)7/h1,4,7-8,13,16-17,25H,2-3,5-6,9-12H2,(H,26,30);(H,6,7). The first kappa shape index (κ1) is 28.9. The van der Waals surface area contributed by atoms with Crippen molar-refractivity contribution < 1.29 is 32.6 Å². The first-order valence-corrected chi connectivity index (χ1v) is 12.2. The molecule has 2 fully saturated rings. The molecule has 1 aromatic heterocycles. The molecular formula is C24H26ClF3N6O4. The smallest absolute Gasteiger partial charge is 0.490 e. The van der Waals surface area contributed by atoms with E-state index in [9.17, 15) is 18.0 Å². The van der Waals surface area contributed by atoms with E-state index >= 15 is 0 Å². The van der Waals surface area contributed by atoms with Crippen LogP contribution in [-0.4, -0.2) is 71.7 Å². The van der Waals surface area contributed by atoms with Crippen LogP contribution in [0.1, 0.15) is 41.7 Å². The van der Waals surface area contributed by atoms with Crippen molar-refractivity contribution in [3.05, 3.63) is 46.6 Å².